The van der Waals surface area contributed by atoms with Crippen LogP contribution in [0.4, 0.5) is 5.82 Å². The van der Waals surface area contributed by atoms with E-state index in [1.807, 2.05) is 6.20 Å². The lowest BCUT2D eigenvalue weighted by Gasteiger charge is -2.06. The molecule has 0 unspecified atom stereocenters. The predicted molar refractivity (Wildman–Crippen MR) is 67.5 cm³/mol. The van der Waals surface area contributed by atoms with Gasteiger partial charge in [-0.2, -0.15) is 4.98 Å². The van der Waals surface area contributed by atoms with Crippen molar-refractivity contribution in [3.63, 3.8) is 0 Å². The monoisotopic (exact) mass is 271 g/mol. The molecule has 2 aromatic rings. The average molecular weight is 272 g/mol. The Bertz CT molecular complexity index is 472. The number of hydrogen-bond donors (Lipinski definition) is 2. The number of halogens is 2. The Morgan fingerprint density at radius 2 is 2.18 bits per heavy atom. The molecule has 2 aromatic heterocycles. The molecule has 2 rings (SSSR count). The van der Waals surface area contributed by atoms with Gasteiger partial charge in [-0.05, 0) is 18.0 Å². The van der Waals surface area contributed by atoms with Gasteiger partial charge in [-0.15, -0.1) is 0 Å². The van der Waals surface area contributed by atoms with Crippen LogP contribution < -0.4 is 5.32 Å². The summed E-state index contributed by atoms with van der Waals surface area (Å²) in [5.74, 6) is 1.53. The highest BCUT2D eigenvalue weighted by Crippen LogP contribution is 2.19. The maximum absolute atomic E-state index is 5.91. The van der Waals surface area contributed by atoms with Gasteiger partial charge in [0.25, 0.3) is 0 Å². The molecule has 0 saturated carbocycles. The van der Waals surface area contributed by atoms with Crippen LogP contribution in [-0.2, 0) is 6.42 Å². The number of nitrogens with zero attached hydrogens (tertiary/aromatic N) is 3. The molecular weight excluding hydrogens is 261 g/mol. The van der Waals surface area contributed by atoms with E-state index < -0.39 is 0 Å². The highest BCUT2D eigenvalue weighted by atomic mass is 35.5. The van der Waals surface area contributed by atoms with E-state index >= 15 is 0 Å². The van der Waals surface area contributed by atoms with Gasteiger partial charge in [-0.25, -0.2) is 9.97 Å². The van der Waals surface area contributed by atoms with Crippen LogP contribution in [0.15, 0.2) is 18.6 Å². The topological polar surface area (TPSA) is 66.5 Å². The van der Waals surface area contributed by atoms with Crippen LogP contribution in [-0.4, -0.2) is 26.5 Å². The van der Waals surface area contributed by atoms with Crippen LogP contribution in [0.3, 0.4) is 0 Å². The van der Waals surface area contributed by atoms with Gasteiger partial charge in [-0.1, -0.05) is 11.6 Å². The largest absolute Gasteiger partial charge is 0.369 e. The maximum Gasteiger partial charge on any atom is 0.224 e. The Balaban J connectivity index is 1.80. The molecule has 7 heteroatoms. The summed E-state index contributed by atoms with van der Waals surface area (Å²) in [4.78, 5) is 15.0. The van der Waals surface area contributed by atoms with Crippen molar-refractivity contribution in [3.05, 3.63) is 34.7 Å². The van der Waals surface area contributed by atoms with Crippen LogP contribution >= 0.6 is 23.2 Å². The van der Waals surface area contributed by atoms with E-state index in [-0.39, 0.29) is 5.28 Å². The first-order valence-electron chi connectivity index (χ1n) is 5.16. The number of imidazole rings is 1. The van der Waals surface area contributed by atoms with Crippen molar-refractivity contribution in [3.8, 4) is 0 Å². The van der Waals surface area contributed by atoms with Crippen LogP contribution in [0.5, 0.6) is 0 Å². The molecule has 0 bridgehead atoms. The van der Waals surface area contributed by atoms with Gasteiger partial charge in [0, 0.05) is 25.4 Å². The Kier molecular flexibility index (Phi) is 4.17. The smallest absolute Gasteiger partial charge is 0.224 e. The SMILES string of the molecule is Clc1ncc(Cl)c(NCCCc2ncc[nH]2)n1. The zero-order chi connectivity index (χ0) is 12.1. The van der Waals surface area contributed by atoms with Crippen LogP contribution in [0.1, 0.15) is 12.2 Å². The molecule has 0 aliphatic rings. The molecule has 5 nitrogen and oxygen atoms in total. The summed E-state index contributed by atoms with van der Waals surface area (Å²) in [6.07, 6.45) is 6.82. The second-order valence-corrected chi connectivity index (χ2v) is 4.15. The van der Waals surface area contributed by atoms with Crippen molar-refractivity contribution >= 4 is 29.0 Å². The minimum Gasteiger partial charge on any atom is -0.369 e. The first-order valence-corrected chi connectivity index (χ1v) is 5.91. The van der Waals surface area contributed by atoms with Crippen molar-refractivity contribution in [2.24, 2.45) is 0 Å². The molecule has 90 valence electrons. The Labute approximate surface area is 109 Å². The van der Waals surface area contributed by atoms with Gasteiger partial charge in [0.15, 0.2) is 0 Å². The molecular formula is C10H11Cl2N5. The summed E-state index contributed by atoms with van der Waals surface area (Å²) in [5.41, 5.74) is 0. The van der Waals surface area contributed by atoms with Crippen LogP contribution in [0.25, 0.3) is 0 Å². The van der Waals surface area contributed by atoms with Crippen molar-refractivity contribution in [2.45, 2.75) is 12.8 Å². The molecule has 0 spiro atoms. The van der Waals surface area contributed by atoms with E-state index in [0.717, 1.165) is 25.2 Å². The molecule has 0 aliphatic heterocycles. The fourth-order valence-electron chi connectivity index (χ4n) is 1.37. The highest BCUT2D eigenvalue weighted by Gasteiger charge is 2.03. The van der Waals surface area contributed by atoms with E-state index in [9.17, 15) is 0 Å². The molecule has 0 aliphatic carbocycles. The van der Waals surface area contributed by atoms with Crippen molar-refractivity contribution in [1.29, 1.82) is 0 Å². The molecule has 17 heavy (non-hydrogen) atoms. The van der Waals surface area contributed by atoms with E-state index in [0.29, 0.717) is 10.8 Å². The number of aromatic amines is 1. The summed E-state index contributed by atoms with van der Waals surface area (Å²) >= 11 is 11.6. The lowest BCUT2D eigenvalue weighted by molar-refractivity contribution is 0.813. The average Bonchev–Trinajstić information content (AvgIpc) is 2.82. The number of nitrogens with one attached hydrogen (secondary N) is 2. The Hall–Kier alpha value is -1.33. The number of aryl methyl sites for hydroxylation is 1. The lowest BCUT2D eigenvalue weighted by atomic mass is 10.3. The Morgan fingerprint density at radius 3 is 2.94 bits per heavy atom. The zero-order valence-electron chi connectivity index (χ0n) is 8.95. The fourth-order valence-corrected chi connectivity index (χ4v) is 1.66. The molecule has 0 fully saturated rings. The first-order chi connectivity index (χ1) is 8.25. The summed E-state index contributed by atoms with van der Waals surface area (Å²) in [5, 5.41) is 3.76. The quantitative estimate of drug-likeness (QED) is 0.648. The van der Waals surface area contributed by atoms with Crippen LogP contribution in [0, 0.1) is 0 Å². The van der Waals surface area contributed by atoms with Gasteiger partial charge >= 0.3 is 0 Å². The minimum absolute atomic E-state index is 0.183. The second-order valence-electron chi connectivity index (χ2n) is 3.40. The van der Waals surface area contributed by atoms with Crippen molar-refractivity contribution < 1.29 is 0 Å². The summed E-state index contributed by atoms with van der Waals surface area (Å²) in [6.45, 7) is 0.744. The second kappa shape index (κ2) is 5.84. The molecule has 0 amide bonds. The number of hydrogen-bond acceptors (Lipinski definition) is 4. The van der Waals surface area contributed by atoms with Gasteiger partial charge in [-0.3, -0.25) is 0 Å². The van der Waals surface area contributed by atoms with Crippen molar-refractivity contribution in [2.75, 3.05) is 11.9 Å². The van der Waals surface area contributed by atoms with Gasteiger partial charge in [0.1, 0.15) is 16.7 Å². The zero-order valence-corrected chi connectivity index (χ0v) is 10.5. The molecule has 0 aromatic carbocycles. The number of rotatable bonds is 5. The highest BCUT2D eigenvalue weighted by molar-refractivity contribution is 6.33. The minimum atomic E-state index is 0.183. The molecule has 2 heterocycles. The predicted octanol–water partition coefficient (Wildman–Crippen LogP) is 2.55. The van der Waals surface area contributed by atoms with E-state index in [1.165, 1.54) is 6.20 Å². The summed E-state index contributed by atoms with van der Waals surface area (Å²) in [6, 6.07) is 0. The number of anilines is 1. The molecule has 0 atom stereocenters. The van der Waals surface area contributed by atoms with E-state index in [1.54, 1.807) is 6.20 Å². The van der Waals surface area contributed by atoms with E-state index in [4.69, 9.17) is 23.2 Å². The first kappa shape index (κ1) is 12.1. The van der Waals surface area contributed by atoms with Gasteiger partial charge in [0.2, 0.25) is 5.28 Å². The van der Waals surface area contributed by atoms with Crippen molar-refractivity contribution in [1.82, 2.24) is 19.9 Å². The summed E-state index contributed by atoms with van der Waals surface area (Å²) < 4.78 is 0. The lowest BCUT2D eigenvalue weighted by Crippen LogP contribution is -2.06. The van der Waals surface area contributed by atoms with Gasteiger partial charge in [0.05, 0.1) is 6.20 Å². The normalized spacial score (nSPS) is 10.5. The fraction of sp³-hybridized carbons (Fsp3) is 0.300. The summed E-state index contributed by atoms with van der Waals surface area (Å²) in [7, 11) is 0. The Morgan fingerprint density at radius 1 is 1.29 bits per heavy atom. The van der Waals surface area contributed by atoms with Gasteiger partial charge < -0.3 is 10.3 Å². The molecule has 2 N–H and O–H groups in total. The third-order valence-corrected chi connectivity index (χ3v) is 2.61. The van der Waals surface area contributed by atoms with Crippen LogP contribution in [0.2, 0.25) is 10.3 Å². The number of aromatic nitrogens is 4. The maximum atomic E-state index is 5.91. The molecule has 0 radical (unpaired) electrons. The molecule has 0 saturated heterocycles. The third kappa shape index (κ3) is 3.57. The number of H-pyrrole nitrogens is 1. The third-order valence-electron chi connectivity index (χ3n) is 2.15. The standard InChI is InChI=1S/C10H11Cl2N5/c11-7-6-16-10(12)17-9(7)15-3-1-2-8-13-4-5-14-8/h4-6H,1-3H2,(H,13,14)(H,15,16,17). The van der Waals surface area contributed by atoms with E-state index in [2.05, 4.69) is 25.3 Å².